The lowest BCUT2D eigenvalue weighted by molar-refractivity contribution is 0.0955. The predicted molar refractivity (Wildman–Crippen MR) is 90.3 cm³/mol. The molecule has 0 aliphatic carbocycles. The highest BCUT2D eigenvalue weighted by Gasteiger charge is 2.14. The Bertz CT molecular complexity index is 903. The van der Waals surface area contributed by atoms with Crippen molar-refractivity contribution >= 4 is 16.8 Å². The maximum Gasteiger partial charge on any atom is 0.253 e. The van der Waals surface area contributed by atoms with Gasteiger partial charge in [-0.3, -0.25) is 9.78 Å². The third kappa shape index (κ3) is 2.76. The monoisotopic (exact) mass is 320 g/mol. The topological polar surface area (TPSA) is 60.5 Å². The molecule has 4 rings (SSSR count). The third-order valence-electron chi connectivity index (χ3n) is 4.01. The number of benzene rings is 2. The average Bonchev–Trinajstić information content (AvgIpc) is 3.09. The molecule has 0 bridgehead atoms. The summed E-state index contributed by atoms with van der Waals surface area (Å²) < 4.78 is 10.7. The number of aromatic nitrogens is 1. The van der Waals surface area contributed by atoms with E-state index in [4.69, 9.17) is 9.47 Å². The molecular formula is C19H16N2O3. The first-order valence-electron chi connectivity index (χ1n) is 7.82. The minimum absolute atomic E-state index is 0.111. The minimum atomic E-state index is -0.111. The van der Waals surface area contributed by atoms with Crippen molar-refractivity contribution in [1.29, 1.82) is 0 Å². The van der Waals surface area contributed by atoms with Crippen LogP contribution in [-0.4, -0.2) is 24.2 Å². The molecule has 0 radical (unpaired) electrons. The maximum atomic E-state index is 12.4. The van der Waals surface area contributed by atoms with E-state index in [1.165, 1.54) is 0 Å². The fourth-order valence-electron chi connectivity index (χ4n) is 2.80. The Morgan fingerprint density at radius 3 is 2.92 bits per heavy atom. The number of fused-ring (bicyclic) bond motifs is 2. The average molecular weight is 320 g/mol. The van der Waals surface area contributed by atoms with Crippen molar-refractivity contribution in [2.75, 3.05) is 13.3 Å². The molecule has 2 heterocycles. The number of para-hydroxylation sites is 1. The molecule has 0 unspecified atom stereocenters. The van der Waals surface area contributed by atoms with E-state index in [0.717, 1.165) is 34.4 Å². The Balaban J connectivity index is 1.43. The number of hydrogen-bond acceptors (Lipinski definition) is 4. The highest BCUT2D eigenvalue weighted by molar-refractivity contribution is 6.05. The van der Waals surface area contributed by atoms with Crippen LogP contribution in [0.1, 0.15) is 15.9 Å². The summed E-state index contributed by atoms with van der Waals surface area (Å²) in [6.07, 6.45) is 2.42. The van der Waals surface area contributed by atoms with Crippen LogP contribution in [0.25, 0.3) is 10.9 Å². The van der Waals surface area contributed by atoms with Gasteiger partial charge < -0.3 is 14.8 Å². The summed E-state index contributed by atoms with van der Waals surface area (Å²) in [5.41, 5.74) is 2.41. The minimum Gasteiger partial charge on any atom is -0.454 e. The molecule has 1 aliphatic rings. The summed E-state index contributed by atoms with van der Waals surface area (Å²) in [7, 11) is 0. The highest BCUT2D eigenvalue weighted by Crippen LogP contribution is 2.32. The van der Waals surface area contributed by atoms with Crippen molar-refractivity contribution in [1.82, 2.24) is 10.3 Å². The molecule has 1 N–H and O–H groups in total. The Kier molecular flexibility index (Phi) is 3.75. The molecule has 0 saturated carbocycles. The Morgan fingerprint density at radius 1 is 1.08 bits per heavy atom. The molecule has 5 nitrogen and oxygen atoms in total. The van der Waals surface area contributed by atoms with E-state index in [1.807, 2.05) is 42.5 Å². The van der Waals surface area contributed by atoms with Crippen LogP contribution in [0.15, 0.2) is 54.7 Å². The van der Waals surface area contributed by atoms with E-state index in [-0.39, 0.29) is 12.7 Å². The standard InChI is InChI=1S/C19H16N2O3/c22-19(15-5-1-3-14-4-2-9-20-18(14)15)21-10-8-13-6-7-16-17(11-13)24-12-23-16/h1-7,9,11H,8,10,12H2,(H,21,22). The lowest BCUT2D eigenvalue weighted by Gasteiger charge is -2.08. The van der Waals surface area contributed by atoms with Gasteiger partial charge in [0.15, 0.2) is 11.5 Å². The van der Waals surface area contributed by atoms with Gasteiger partial charge in [-0.25, -0.2) is 0 Å². The fraction of sp³-hybridized carbons (Fsp3) is 0.158. The van der Waals surface area contributed by atoms with Crippen LogP contribution in [0.5, 0.6) is 11.5 Å². The number of ether oxygens (including phenoxy) is 2. The van der Waals surface area contributed by atoms with E-state index in [1.54, 1.807) is 12.3 Å². The Labute approximate surface area is 139 Å². The highest BCUT2D eigenvalue weighted by atomic mass is 16.7. The number of rotatable bonds is 4. The van der Waals surface area contributed by atoms with Crippen molar-refractivity contribution < 1.29 is 14.3 Å². The Morgan fingerprint density at radius 2 is 1.96 bits per heavy atom. The zero-order valence-electron chi connectivity index (χ0n) is 13.0. The van der Waals surface area contributed by atoms with E-state index < -0.39 is 0 Å². The zero-order chi connectivity index (χ0) is 16.4. The smallest absolute Gasteiger partial charge is 0.253 e. The maximum absolute atomic E-state index is 12.4. The Hall–Kier alpha value is -3.08. The summed E-state index contributed by atoms with van der Waals surface area (Å²) in [6.45, 7) is 0.811. The van der Waals surface area contributed by atoms with Gasteiger partial charge in [-0.05, 0) is 36.2 Å². The van der Waals surface area contributed by atoms with E-state index in [9.17, 15) is 4.79 Å². The van der Waals surface area contributed by atoms with Crippen LogP contribution in [0.2, 0.25) is 0 Å². The van der Waals surface area contributed by atoms with E-state index in [2.05, 4.69) is 10.3 Å². The first-order valence-corrected chi connectivity index (χ1v) is 7.82. The molecule has 0 atom stereocenters. The van der Waals surface area contributed by atoms with Crippen LogP contribution in [0.3, 0.4) is 0 Å². The third-order valence-corrected chi connectivity index (χ3v) is 4.01. The van der Waals surface area contributed by atoms with Crippen LogP contribution in [0, 0.1) is 0 Å². The second-order valence-electron chi connectivity index (χ2n) is 5.57. The summed E-state index contributed by atoms with van der Waals surface area (Å²) in [6, 6.07) is 15.3. The van der Waals surface area contributed by atoms with Crippen molar-refractivity contribution in [2.45, 2.75) is 6.42 Å². The van der Waals surface area contributed by atoms with E-state index in [0.29, 0.717) is 12.1 Å². The first-order chi connectivity index (χ1) is 11.8. The SMILES string of the molecule is O=C(NCCc1ccc2c(c1)OCO2)c1cccc2cccnc12. The molecule has 1 aliphatic heterocycles. The van der Waals surface area contributed by atoms with Crippen LogP contribution in [-0.2, 0) is 6.42 Å². The number of carbonyl (C=O) groups excluding carboxylic acids is 1. The lowest BCUT2D eigenvalue weighted by atomic mass is 10.1. The largest absolute Gasteiger partial charge is 0.454 e. The number of pyridine rings is 1. The van der Waals surface area contributed by atoms with Crippen molar-refractivity contribution in [2.24, 2.45) is 0 Å². The molecule has 0 saturated heterocycles. The molecule has 2 aromatic carbocycles. The molecule has 0 spiro atoms. The number of nitrogens with zero attached hydrogens (tertiary/aromatic N) is 1. The van der Waals surface area contributed by atoms with Gasteiger partial charge in [0.1, 0.15) is 0 Å². The predicted octanol–water partition coefficient (Wildman–Crippen LogP) is 2.94. The summed E-state index contributed by atoms with van der Waals surface area (Å²) in [5.74, 6) is 1.42. The molecule has 1 aromatic heterocycles. The molecule has 0 fully saturated rings. The van der Waals surface area contributed by atoms with Gasteiger partial charge >= 0.3 is 0 Å². The number of amides is 1. The van der Waals surface area contributed by atoms with Gasteiger partial charge in [0.25, 0.3) is 5.91 Å². The molecular weight excluding hydrogens is 304 g/mol. The number of hydrogen-bond donors (Lipinski definition) is 1. The van der Waals surface area contributed by atoms with Gasteiger partial charge in [0.2, 0.25) is 6.79 Å². The summed E-state index contributed by atoms with van der Waals surface area (Å²) >= 11 is 0. The van der Waals surface area contributed by atoms with E-state index >= 15 is 0 Å². The molecule has 3 aromatic rings. The number of nitrogens with one attached hydrogen (secondary N) is 1. The molecule has 5 heteroatoms. The first kappa shape index (κ1) is 14.5. The van der Waals surface area contributed by atoms with Crippen molar-refractivity contribution in [3.05, 3.63) is 65.9 Å². The van der Waals surface area contributed by atoms with Gasteiger partial charge in [-0.2, -0.15) is 0 Å². The van der Waals surface area contributed by atoms with Crippen LogP contribution >= 0.6 is 0 Å². The van der Waals surface area contributed by atoms with Gasteiger partial charge in [-0.1, -0.05) is 24.3 Å². The second-order valence-corrected chi connectivity index (χ2v) is 5.57. The summed E-state index contributed by atoms with van der Waals surface area (Å²) in [4.78, 5) is 16.8. The lowest BCUT2D eigenvalue weighted by Crippen LogP contribution is -2.26. The van der Waals surface area contributed by atoms with Crippen molar-refractivity contribution in [3.63, 3.8) is 0 Å². The van der Waals surface area contributed by atoms with Gasteiger partial charge in [0.05, 0.1) is 11.1 Å². The zero-order valence-corrected chi connectivity index (χ0v) is 13.0. The molecule has 120 valence electrons. The summed E-state index contributed by atoms with van der Waals surface area (Å²) in [5, 5.41) is 3.92. The fourth-order valence-corrected chi connectivity index (χ4v) is 2.80. The second kappa shape index (κ2) is 6.20. The molecule has 24 heavy (non-hydrogen) atoms. The quantitative estimate of drug-likeness (QED) is 0.803. The van der Waals surface area contributed by atoms with Crippen LogP contribution in [0.4, 0.5) is 0 Å². The van der Waals surface area contributed by atoms with Gasteiger partial charge in [0, 0.05) is 18.1 Å². The normalized spacial score (nSPS) is 12.3. The van der Waals surface area contributed by atoms with Crippen molar-refractivity contribution in [3.8, 4) is 11.5 Å². The van der Waals surface area contributed by atoms with Crippen LogP contribution < -0.4 is 14.8 Å². The molecule has 1 amide bonds. The van der Waals surface area contributed by atoms with Gasteiger partial charge in [-0.15, -0.1) is 0 Å². The number of carbonyl (C=O) groups is 1.